The SMILES string of the molecule is CCc1ccc(C(NC(=O)C(C)Oc2ccc(C#N)cc2)c2cccs2)cc1. The van der Waals surface area contributed by atoms with E-state index in [-0.39, 0.29) is 11.9 Å². The van der Waals surface area contributed by atoms with Gasteiger partial charge in [0.05, 0.1) is 17.7 Å². The number of nitrogens with zero attached hydrogens (tertiary/aromatic N) is 1. The van der Waals surface area contributed by atoms with E-state index in [1.807, 2.05) is 17.5 Å². The summed E-state index contributed by atoms with van der Waals surface area (Å²) < 4.78 is 5.75. The minimum Gasteiger partial charge on any atom is -0.481 e. The minimum atomic E-state index is -0.662. The summed E-state index contributed by atoms with van der Waals surface area (Å²) in [5.74, 6) is 0.365. The Morgan fingerprint density at radius 3 is 2.43 bits per heavy atom. The van der Waals surface area contributed by atoms with Crippen molar-refractivity contribution >= 4 is 17.2 Å². The van der Waals surface area contributed by atoms with Crippen molar-refractivity contribution in [1.29, 1.82) is 5.26 Å². The highest BCUT2D eigenvalue weighted by molar-refractivity contribution is 7.10. The topological polar surface area (TPSA) is 62.1 Å². The number of nitrogens with one attached hydrogen (secondary N) is 1. The van der Waals surface area contributed by atoms with Gasteiger partial charge in [-0.05, 0) is 60.2 Å². The highest BCUT2D eigenvalue weighted by atomic mass is 32.1. The predicted molar refractivity (Wildman–Crippen MR) is 111 cm³/mol. The van der Waals surface area contributed by atoms with E-state index in [9.17, 15) is 4.79 Å². The van der Waals surface area contributed by atoms with Gasteiger partial charge in [-0.2, -0.15) is 5.26 Å². The summed E-state index contributed by atoms with van der Waals surface area (Å²) in [5, 5.41) is 14.0. The van der Waals surface area contributed by atoms with Crippen LogP contribution in [0.25, 0.3) is 0 Å². The molecule has 0 bridgehead atoms. The maximum Gasteiger partial charge on any atom is 0.261 e. The van der Waals surface area contributed by atoms with Crippen molar-refractivity contribution < 1.29 is 9.53 Å². The number of ether oxygens (including phenoxy) is 1. The number of carbonyl (C=O) groups is 1. The molecule has 0 fully saturated rings. The molecule has 2 atom stereocenters. The van der Waals surface area contributed by atoms with E-state index >= 15 is 0 Å². The van der Waals surface area contributed by atoms with Gasteiger partial charge >= 0.3 is 0 Å². The fraction of sp³-hybridized carbons (Fsp3) is 0.217. The molecule has 0 aliphatic heterocycles. The Kier molecular flexibility index (Phi) is 6.46. The number of thiophene rings is 1. The van der Waals surface area contributed by atoms with Crippen LogP contribution in [-0.4, -0.2) is 12.0 Å². The smallest absolute Gasteiger partial charge is 0.261 e. The van der Waals surface area contributed by atoms with Crippen molar-refractivity contribution in [3.05, 3.63) is 87.6 Å². The number of nitriles is 1. The van der Waals surface area contributed by atoms with Gasteiger partial charge in [-0.3, -0.25) is 4.79 Å². The highest BCUT2D eigenvalue weighted by Crippen LogP contribution is 2.27. The van der Waals surface area contributed by atoms with Gasteiger partial charge in [0.15, 0.2) is 6.10 Å². The van der Waals surface area contributed by atoms with Gasteiger partial charge < -0.3 is 10.1 Å². The number of hydrogen-bond acceptors (Lipinski definition) is 4. The Morgan fingerprint density at radius 2 is 1.86 bits per heavy atom. The van der Waals surface area contributed by atoms with Crippen molar-refractivity contribution in [2.75, 3.05) is 0 Å². The van der Waals surface area contributed by atoms with Gasteiger partial charge in [-0.1, -0.05) is 37.3 Å². The molecule has 0 saturated heterocycles. The zero-order valence-electron chi connectivity index (χ0n) is 15.9. The first-order valence-corrected chi connectivity index (χ1v) is 10.1. The van der Waals surface area contributed by atoms with Crippen molar-refractivity contribution in [3.63, 3.8) is 0 Å². The number of carbonyl (C=O) groups excluding carboxylic acids is 1. The van der Waals surface area contributed by atoms with Crippen LogP contribution in [0.5, 0.6) is 5.75 Å². The van der Waals surface area contributed by atoms with Gasteiger partial charge in [-0.15, -0.1) is 11.3 Å². The summed E-state index contributed by atoms with van der Waals surface area (Å²) >= 11 is 1.61. The molecule has 0 aliphatic carbocycles. The fourth-order valence-electron chi connectivity index (χ4n) is 2.85. The number of rotatable bonds is 7. The molecule has 142 valence electrons. The van der Waals surface area contributed by atoms with Crippen molar-refractivity contribution in [1.82, 2.24) is 5.32 Å². The second-order valence-corrected chi connectivity index (χ2v) is 7.43. The number of amides is 1. The molecule has 0 aliphatic rings. The van der Waals surface area contributed by atoms with Gasteiger partial charge in [-0.25, -0.2) is 0 Å². The van der Waals surface area contributed by atoms with E-state index in [1.54, 1.807) is 42.5 Å². The standard InChI is InChI=1S/C23H22N2O2S/c1-3-17-6-10-19(11-7-17)22(21-5-4-14-28-21)25-23(26)16(2)27-20-12-8-18(15-24)9-13-20/h4-14,16,22H,3H2,1-2H3,(H,25,26). The first-order chi connectivity index (χ1) is 13.6. The quantitative estimate of drug-likeness (QED) is 0.627. The van der Waals surface area contributed by atoms with E-state index in [2.05, 4.69) is 42.6 Å². The molecule has 1 N–H and O–H groups in total. The van der Waals surface area contributed by atoms with Crippen LogP contribution in [0.4, 0.5) is 0 Å². The molecular formula is C23H22N2O2S. The molecule has 1 amide bonds. The average Bonchev–Trinajstić information content (AvgIpc) is 3.27. The first-order valence-electron chi connectivity index (χ1n) is 9.20. The van der Waals surface area contributed by atoms with Crippen LogP contribution in [0.3, 0.4) is 0 Å². The lowest BCUT2D eigenvalue weighted by Crippen LogP contribution is -2.38. The second-order valence-electron chi connectivity index (χ2n) is 6.45. The van der Waals surface area contributed by atoms with Crippen molar-refractivity contribution in [2.45, 2.75) is 32.4 Å². The first kappa shape index (κ1) is 19.7. The number of benzene rings is 2. The number of hydrogen-bond donors (Lipinski definition) is 1. The van der Waals surface area contributed by atoms with Gasteiger partial charge in [0, 0.05) is 4.88 Å². The Hall–Kier alpha value is -3.10. The van der Waals surface area contributed by atoms with E-state index in [1.165, 1.54) is 5.56 Å². The molecule has 2 aromatic carbocycles. The maximum absolute atomic E-state index is 12.8. The molecule has 1 aromatic heterocycles. The zero-order chi connectivity index (χ0) is 19.9. The molecule has 3 rings (SSSR count). The Morgan fingerprint density at radius 1 is 1.14 bits per heavy atom. The number of aryl methyl sites for hydroxylation is 1. The van der Waals surface area contributed by atoms with E-state index in [0.717, 1.165) is 16.9 Å². The van der Waals surface area contributed by atoms with Crippen LogP contribution in [0.2, 0.25) is 0 Å². The lowest BCUT2D eigenvalue weighted by atomic mass is 10.0. The molecule has 2 unspecified atom stereocenters. The van der Waals surface area contributed by atoms with E-state index < -0.39 is 6.10 Å². The van der Waals surface area contributed by atoms with Crippen molar-refractivity contribution in [2.24, 2.45) is 0 Å². The lowest BCUT2D eigenvalue weighted by Gasteiger charge is -2.21. The molecule has 0 radical (unpaired) electrons. The average molecular weight is 391 g/mol. The minimum absolute atomic E-state index is 0.192. The largest absolute Gasteiger partial charge is 0.481 e. The van der Waals surface area contributed by atoms with Gasteiger partial charge in [0.25, 0.3) is 5.91 Å². The third kappa shape index (κ3) is 4.79. The Balaban J connectivity index is 1.73. The van der Waals surface area contributed by atoms with Crippen LogP contribution in [-0.2, 0) is 11.2 Å². The zero-order valence-corrected chi connectivity index (χ0v) is 16.7. The molecule has 0 spiro atoms. The molecule has 28 heavy (non-hydrogen) atoms. The third-order valence-electron chi connectivity index (χ3n) is 4.50. The van der Waals surface area contributed by atoms with Crippen LogP contribution in [0.15, 0.2) is 66.0 Å². The van der Waals surface area contributed by atoms with Crippen LogP contribution in [0.1, 0.15) is 41.5 Å². The molecule has 3 aromatic rings. The second kappa shape index (κ2) is 9.20. The summed E-state index contributed by atoms with van der Waals surface area (Å²) in [7, 11) is 0. The van der Waals surface area contributed by atoms with E-state index in [0.29, 0.717) is 11.3 Å². The highest BCUT2D eigenvalue weighted by Gasteiger charge is 2.22. The molecule has 0 saturated carbocycles. The Labute approximate surface area is 169 Å². The lowest BCUT2D eigenvalue weighted by molar-refractivity contribution is -0.127. The van der Waals surface area contributed by atoms with Gasteiger partial charge in [0.1, 0.15) is 5.75 Å². The van der Waals surface area contributed by atoms with Crippen LogP contribution in [0, 0.1) is 11.3 Å². The third-order valence-corrected chi connectivity index (χ3v) is 5.44. The summed E-state index contributed by atoms with van der Waals surface area (Å²) in [6.07, 6.45) is 0.316. The van der Waals surface area contributed by atoms with Crippen LogP contribution >= 0.6 is 11.3 Å². The van der Waals surface area contributed by atoms with Gasteiger partial charge in [0.2, 0.25) is 0 Å². The molecule has 1 heterocycles. The van der Waals surface area contributed by atoms with E-state index in [4.69, 9.17) is 10.00 Å². The summed E-state index contributed by atoms with van der Waals surface area (Å²) in [6, 6.07) is 20.9. The molecule has 5 heteroatoms. The maximum atomic E-state index is 12.8. The molecule has 4 nitrogen and oxygen atoms in total. The Bertz CT molecular complexity index is 942. The molecular weight excluding hydrogens is 368 g/mol. The summed E-state index contributed by atoms with van der Waals surface area (Å²) in [6.45, 7) is 3.84. The van der Waals surface area contributed by atoms with Crippen molar-refractivity contribution in [3.8, 4) is 11.8 Å². The normalized spacial score (nSPS) is 12.6. The predicted octanol–water partition coefficient (Wildman–Crippen LogP) is 4.86. The monoisotopic (exact) mass is 390 g/mol. The summed E-state index contributed by atoms with van der Waals surface area (Å²) in [4.78, 5) is 13.9. The van der Waals surface area contributed by atoms with Crippen LogP contribution < -0.4 is 10.1 Å². The fourth-order valence-corrected chi connectivity index (χ4v) is 3.65. The summed E-state index contributed by atoms with van der Waals surface area (Å²) in [5.41, 5.74) is 2.86.